The summed E-state index contributed by atoms with van der Waals surface area (Å²) in [5, 5.41) is 3.46. The highest BCUT2D eigenvalue weighted by molar-refractivity contribution is 5.62. The smallest absolute Gasteiger partial charge is 0.126 e. The minimum Gasteiger partial charge on any atom is -0.496 e. The van der Waals surface area contributed by atoms with Crippen molar-refractivity contribution in [2.75, 3.05) is 13.7 Å². The molecule has 4 nitrogen and oxygen atoms in total. The minimum absolute atomic E-state index is 0.132. The molecule has 0 saturated heterocycles. The van der Waals surface area contributed by atoms with E-state index < -0.39 is 0 Å². The molecular weight excluding hydrogens is 355 g/mol. The first-order chi connectivity index (χ1) is 13.7. The first kappa shape index (κ1) is 18.4. The summed E-state index contributed by atoms with van der Waals surface area (Å²) < 4.78 is 24.7. The molecular formula is C23H23FN2O2. The highest BCUT2D eigenvalue weighted by Crippen LogP contribution is 2.34. The number of hydrogen-bond donors (Lipinski definition) is 1. The molecule has 0 amide bonds. The summed E-state index contributed by atoms with van der Waals surface area (Å²) in [6.45, 7) is 1.46. The molecule has 28 heavy (non-hydrogen) atoms. The Balaban J connectivity index is 1.34. The summed E-state index contributed by atoms with van der Waals surface area (Å²) >= 11 is 0. The molecule has 1 unspecified atom stereocenters. The Morgan fingerprint density at radius 1 is 1.14 bits per heavy atom. The Morgan fingerprint density at radius 3 is 2.82 bits per heavy atom. The van der Waals surface area contributed by atoms with Gasteiger partial charge in [-0.3, -0.25) is 4.98 Å². The van der Waals surface area contributed by atoms with E-state index >= 15 is 0 Å². The van der Waals surface area contributed by atoms with Gasteiger partial charge in [-0.1, -0.05) is 18.2 Å². The predicted molar refractivity (Wildman–Crippen MR) is 107 cm³/mol. The number of nitrogens with one attached hydrogen (secondary N) is 1. The van der Waals surface area contributed by atoms with Crippen LogP contribution in [0.15, 0.2) is 60.9 Å². The Morgan fingerprint density at radius 2 is 2.00 bits per heavy atom. The number of nitrogens with zero attached hydrogens (tertiary/aromatic N) is 1. The third-order valence-corrected chi connectivity index (χ3v) is 4.99. The fraction of sp³-hybridized carbons (Fsp3) is 0.261. The van der Waals surface area contributed by atoms with Gasteiger partial charge in [0.2, 0.25) is 0 Å². The fourth-order valence-electron chi connectivity index (χ4n) is 3.54. The molecule has 3 aromatic rings. The molecule has 1 aliphatic rings. The van der Waals surface area contributed by atoms with Crippen LogP contribution in [0.25, 0.3) is 11.1 Å². The van der Waals surface area contributed by atoms with Crippen molar-refractivity contribution in [2.45, 2.75) is 25.5 Å². The van der Waals surface area contributed by atoms with E-state index in [1.54, 1.807) is 25.4 Å². The first-order valence-electron chi connectivity index (χ1n) is 9.46. The van der Waals surface area contributed by atoms with Crippen molar-refractivity contribution in [1.29, 1.82) is 0 Å². The van der Waals surface area contributed by atoms with E-state index in [2.05, 4.69) is 16.4 Å². The van der Waals surface area contributed by atoms with Gasteiger partial charge >= 0.3 is 0 Å². The molecule has 2 aromatic carbocycles. The van der Waals surface area contributed by atoms with Gasteiger partial charge in [0.1, 0.15) is 23.4 Å². The largest absolute Gasteiger partial charge is 0.496 e. The van der Waals surface area contributed by atoms with Gasteiger partial charge in [0, 0.05) is 36.6 Å². The predicted octanol–water partition coefficient (Wildman–Crippen LogP) is 4.38. The average Bonchev–Trinajstić information content (AvgIpc) is 2.74. The van der Waals surface area contributed by atoms with Gasteiger partial charge in [0.05, 0.1) is 7.11 Å². The molecule has 1 atom stereocenters. The molecule has 4 rings (SSSR count). The van der Waals surface area contributed by atoms with Crippen LogP contribution in [-0.4, -0.2) is 24.7 Å². The number of benzene rings is 2. The van der Waals surface area contributed by atoms with Crippen LogP contribution in [-0.2, 0) is 13.0 Å². The van der Waals surface area contributed by atoms with E-state index in [4.69, 9.17) is 9.47 Å². The zero-order valence-electron chi connectivity index (χ0n) is 15.8. The molecule has 0 saturated carbocycles. The number of fused-ring (bicyclic) bond motifs is 1. The van der Waals surface area contributed by atoms with Crippen molar-refractivity contribution in [2.24, 2.45) is 0 Å². The van der Waals surface area contributed by atoms with Crippen molar-refractivity contribution in [1.82, 2.24) is 10.3 Å². The first-order valence-corrected chi connectivity index (χ1v) is 9.46. The van der Waals surface area contributed by atoms with Crippen molar-refractivity contribution in [3.05, 3.63) is 77.9 Å². The molecule has 0 fully saturated rings. The van der Waals surface area contributed by atoms with Crippen molar-refractivity contribution < 1.29 is 13.9 Å². The highest BCUT2D eigenvalue weighted by atomic mass is 19.1. The molecule has 0 radical (unpaired) electrons. The lowest BCUT2D eigenvalue weighted by Gasteiger charge is -2.27. The van der Waals surface area contributed by atoms with Crippen LogP contribution in [0.3, 0.4) is 0 Å². The quantitative estimate of drug-likeness (QED) is 0.691. The Hall–Kier alpha value is -2.92. The molecule has 0 bridgehead atoms. The number of rotatable bonds is 6. The van der Waals surface area contributed by atoms with Gasteiger partial charge in [-0.25, -0.2) is 4.39 Å². The molecule has 2 heterocycles. The lowest BCUT2D eigenvalue weighted by Crippen LogP contribution is -2.34. The second kappa shape index (κ2) is 8.40. The van der Waals surface area contributed by atoms with Gasteiger partial charge in [-0.05, 0) is 54.3 Å². The summed E-state index contributed by atoms with van der Waals surface area (Å²) in [5.41, 5.74) is 4.17. The monoisotopic (exact) mass is 378 g/mol. The molecule has 1 N–H and O–H groups in total. The Bertz CT molecular complexity index is 944. The number of ether oxygens (including phenoxy) is 2. The third kappa shape index (κ3) is 4.15. The zero-order valence-corrected chi connectivity index (χ0v) is 15.8. The van der Waals surface area contributed by atoms with Crippen LogP contribution >= 0.6 is 0 Å². The number of hydrogen-bond acceptors (Lipinski definition) is 4. The SMILES string of the molecule is COc1cccc2c1CCC(CNCc1cncc(-c3ccc(F)cc3)c1)O2. The molecule has 144 valence electrons. The average molecular weight is 378 g/mol. The normalized spacial score (nSPS) is 15.6. The summed E-state index contributed by atoms with van der Waals surface area (Å²) in [6, 6.07) is 14.5. The van der Waals surface area contributed by atoms with E-state index in [-0.39, 0.29) is 11.9 Å². The number of halogens is 1. The molecule has 1 aromatic heterocycles. The van der Waals surface area contributed by atoms with E-state index in [1.807, 2.05) is 24.4 Å². The standard InChI is InChI=1S/C23H23FN2O2/c1-27-22-3-2-4-23-21(22)10-9-20(28-23)15-26-13-16-11-18(14-25-12-16)17-5-7-19(24)8-6-17/h2-8,11-12,14,20,26H,9-10,13,15H2,1H3. The third-order valence-electron chi connectivity index (χ3n) is 4.99. The lowest BCUT2D eigenvalue weighted by molar-refractivity contribution is 0.168. The summed E-state index contributed by atoms with van der Waals surface area (Å²) in [5.74, 6) is 1.58. The molecule has 0 aliphatic carbocycles. The second-order valence-corrected chi connectivity index (χ2v) is 6.94. The highest BCUT2D eigenvalue weighted by Gasteiger charge is 2.22. The summed E-state index contributed by atoms with van der Waals surface area (Å²) in [7, 11) is 1.69. The van der Waals surface area contributed by atoms with Crippen molar-refractivity contribution in [3.8, 4) is 22.6 Å². The van der Waals surface area contributed by atoms with Crippen molar-refractivity contribution in [3.63, 3.8) is 0 Å². The number of methoxy groups -OCH3 is 1. The number of pyridine rings is 1. The van der Waals surface area contributed by atoms with Crippen LogP contribution < -0.4 is 14.8 Å². The van der Waals surface area contributed by atoms with Crippen LogP contribution in [0.2, 0.25) is 0 Å². The Labute approximate surface area is 164 Å². The summed E-state index contributed by atoms with van der Waals surface area (Å²) in [4.78, 5) is 4.32. The zero-order chi connectivity index (χ0) is 19.3. The van der Waals surface area contributed by atoms with Crippen LogP contribution in [0, 0.1) is 5.82 Å². The Kier molecular flexibility index (Phi) is 5.53. The van der Waals surface area contributed by atoms with E-state index in [0.717, 1.165) is 53.1 Å². The van der Waals surface area contributed by atoms with Gasteiger partial charge in [-0.2, -0.15) is 0 Å². The molecule has 5 heteroatoms. The van der Waals surface area contributed by atoms with Gasteiger partial charge in [0.15, 0.2) is 0 Å². The maximum atomic E-state index is 13.1. The topological polar surface area (TPSA) is 43.4 Å². The number of aromatic nitrogens is 1. The van der Waals surface area contributed by atoms with Gasteiger partial charge in [-0.15, -0.1) is 0 Å². The molecule has 0 spiro atoms. The summed E-state index contributed by atoms with van der Waals surface area (Å²) in [6.07, 6.45) is 5.68. The minimum atomic E-state index is -0.235. The van der Waals surface area contributed by atoms with Gasteiger partial charge < -0.3 is 14.8 Å². The molecule has 1 aliphatic heterocycles. The van der Waals surface area contributed by atoms with Crippen LogP contribution in [0.5, 0.6) is 11.5 Å². The maximum Gasteiger partial charge on any atom is 0.126 e. The van der Waals surface area contributed by atoms with Crippen LogP contribution in [0.1, 0.15) is 17.5 Å². The van der Waals surface area contributed by atoms with Gasteiger partial charge in [0.25, 0.3) is 0 Å². The van der Waals surface area contributed by atoms with Crippen LogP contribution in [0.4, 0.5) is 4.39 Å². The lowest BCUT2D eigenvalue weighted by atomic mass is 10.0. The maximum absolute atomic E-state index is 13.1. The fourth-order valence-corrected chi connectivity index (χ4v) is 3.54. The van der Waals surface area contributed by atoms with Crippen molar-refractivity contribution >= 4 is 0 Å². The van der Waals surface area contributed by atoms with E-state index in [9.17, 15) is 4.39 Å². The van der Waals surface area contributed by atoms with E-state index in [0.29, 0.717) is 6.54 Å². The van der Waals surface area contributed by atoms with E-state index in [1.165, 1.54) is 12.1 Å². The second-order valence-electron chi connectivity index (χ2n) is 6.94.